The van der Waals surface area contributed by atoms with Crippen molar-refractivity contribution in [3.8, 4) is 0 Å². The van der Waals surface area contributed by atoms with Crippen molar-refractivity contribution >= 4 is 28.2 Å². The maximum Gasteiger partial charge on any atom is 0.321 e. The predicted molar refractivity (Wildman–Crippen MR) is 96.6 cm³/mol. The van der Waals surface area contributed by atoms with E-state index in [0.717, 1.165) is 26.2 Å². The second-order valence-electron chi connectivity index (χ2n) is 5.79. The molecule has 1 atom stereocenters. The minimum Gasteiger partial charge on any atom is -0.369 e. The fourth-order valence-corrected chi connectivity index (χ4v) is 3.24. The molecule has 2 aromatic rings. The number of amides is 2. The van der Waals surface area contributed by atoms with Crippen LogP contribution < -0.4 is 15.5 Å². The van der Waals surface area contributed by atoms with Crippen LogP contribution in [0.5, 0.6) is 0 Å². The molecule has 0 radical (unpaired) electrons. The van der Waals surface area contributed by atoms with Crippen molar-refractivity contribution < 1.29 is 4.79 Å². The van der Waals surface area contributed by atoms with Crippen LogP contribution in [0.25, 0.3) is 0 Å². The van der Waals surface area contributed by atoms with Crippen LogP contribution in [0.4, 0.5) is 15.6 Å². The van der Waals surface area contributed by atoms with E-state index in [2.05, 4.69) is 61.8 Å². The molecule has 0 aliphatic carbocycles. The molecule has 2 heterocycles. The number of urea groups is 1. The number of carbonyl (C=O) groups is 1. The molecule has 128 valence electrons. The first-order chi connectivity index (χ1) is 11.7. The van der Waals surface area contributed by atoms with Crippen molar-refractivity contribution in [3.63, 3.8) is 0 Å². The lowest BCUT2D eigenvalue weighted by atomic mass is 10.2. The topological polar surface area (TPSA) is 73.4 Å². The number of rotatable bonds is 5. The SMILES string of the molecule is CC(CNC(=O)Nc1nncs1)N1CCN(c2ccccc2)CC1. The molecule has 1 aromatic heterocycles. The number of benzene rings is 1. The van der Waals surface area contributed by atoms with Crippen LogP contribution in [0.3, 0.4) is 0 Å². The molecule has 1 aliphatic rings. The molecule has 24 heavy (non-hydrogen) atoms. The van der Waals surface area contributed by atoms with Gasteiger partial charge in [0.2, 0.25) is 5.13 Å². The number of piperazine rings is 1. The second kappa shape index (κ2) is 8.07. The molecule has 1 unspecified atom stereocenters. The number of hydrogen-bond acceptors (Lipinski definition) is 6. The average molecular weight is 346 g/mol. The predicted octanol–water partition coefficient (Wildman–Crippen LogP) is 1.87. The first-order valence-electron chi connectivity index (χ1n) is 8.07. The molecular weight excluding hydrogens is 324 g/mol. The number of hydrogen-bond donors (Lipinski definition) is 2. The van der Waals surface area contributed by atoms with Crippen LogP contribution >= 0.6 is 11.3 Å². The number of anilines is 2. The highest BCUT2D eigenvalue weighted by atomic mass is 32.1. The zero-order chi connectivity index (χ0) is 16.8. The number of para-hydroxylation sites is 1. The van der Waals surface area contributed by atoms with E-state index in [0.29, 0.717) is 17.7 Å². The van der Waals surface area contributed by atoms with E-state index in [1.807, 2.05) is 6.07 Å². The summed E-state index contributed by atoms with van der Waals surface area (Å²) < 4.78 is 0. The van der Waals surface area contributed by atoms with Gasteiger partial charge in [0.05, 0.1) is 0 Å². The standard InChI is InChI=1S/C16H22N6OS/c1-13(11-17-15(23)19-16-20-18-12-24-16)21-7-9-22(10-8-21)14-5-3-2-4-6-14/h2-6,12-13H,7-11H2,1H3,(H2,17,19,20,23). The molecule has 0 bridgehead atoms. The molecule has 0 spiro atoms. The van der Waals surface area contributed by atoms with Crippen molar-refractivity contribution in [2.24, 2.45) is 0 Å². The van der Waals surface area contributed by atoms with Gasteiger partial charge in [0.15, 0.2) is 0 Å². The fraction of sp³-hybridized carbons (Fsp3) is 0.438. The van der Waals surface area contributed by atoms with Gasteiger partial charge in [0.1, 0.15) is 5.51 Å². The Bertz CT molecular complexity index is 627. The first-order valence-corrected chi connectivity index (χ1v) is 8.95. The third-order valence-electron chi connectivity index (χ3n) is 4.20. The summed E-state index contributed by atoms with van der Waals surface area (Å²) in [6.07, 6.45) is 0. The number of nitrogens with one attached hydrogen (secondary N) is 2. The van der Waals surface area contributed by atoms with E-state index in [9.17, 15) is 4.79 Å². The van der Waals surface area contributed by atoms with E-state index >= 15 is 0 Å². The van der Waals surface area contributed by atoms with E-state index in [1.54, 1.807) is 5.51 Å². The minimum absolute atomic E-state index is 0.235. The van der Waals surface area contributed by atoms with Gasteiger partial charge in [-0.15, -0.1) is 10.2 Å². The van der Waals surface area contributed by atoms with Crippen LogP contribution in [0.1, 0.15) is 6.92 Å². The molecule has 7 nitrogen and oxygen atoms in total. The molecule has 3 rings (SSSR count). The van der Waals surface area contributed by atoms with Crippen LogP contribution in [-0.4, -0.2) is 59.9 Å². The van der Waals surface area contributed by atoms with E-state index in [4.69, 9.17) is 0 Å². The third kappa shape index (κ3) is 4.42. The smallest absolute Gasteiger partial charge is 0.321 e. The quantitative estimate of drug-likeness (QED) is 0.865. The molecule has 0 saturated carbocycles. The number of carbonyl (C=O) groups excluding carboxylic acids is 1. The van der Waals surface area contributed by atoms with Crippen LogP contribution in [0.2, 0.25) is 0 Å². The van der Waals surface area contributed by atoms with Crippen molar-refractivity contribution in [3.05, 3.63) is 35.8 Å². The summed E-state index contributed by atoms with van der Waals surface area (Å²) >= 11 is 1.30. The highest BCUT2D eigenvalue weighted by Gasteiger charge is 2.21. The molecule has 8 heteroatoms. The fourth-order valence-electron chi connectivity index (χ4n) is 2.80. The maximum absolute atomic E-state index is 11.8. The molecule has 1 aliphatic heterocycles. The summed E-state index contributed by atoms with van der Waals surface area (Å²) in [4.78, 5) is 16.6. The van der Waals surface area contributed by atoms with Crippen LogP contribution in [-0.2, 0) is 0 Å². The van der Waals surface area contributed by atoms with Crippen LogP contribution in [0.15, 0.2) is 35.8 Å². The van der Waals surface area contributed by atoms with Gasteiger partial charge in [-0.05, 0) is 19.1 Å². The number of nitrogens with zero attached hydrogens (tertiary/aromatic N) is 4. The van der Waals surface area contributed by atoms with E-state index in [-0.39, 0.29) is 6.03 Å². The summed E-state index contributed by atoms with van der Waals surface area (Å²) in [7, 11) is 0. The van der Waals surface area contributed by atoms with Crippen molar-refractivity contribution in [2.75, 3.05) is 42.9 Å². The first kappa shape index (κ1) is 16.7. The lowest BCUT2D eigenvalue weighted by Gasteiger charge is -2.39. The monoisotopic (exact) mass is 346 g/mol. The van der Waals surface area contributed by atoms with E-state index in [1.165, 1.54) is 17.0 Å². The highest BCUT2D eigenvalue weighted by Crippen LogP contribution is 2.16. The van der Waals surface area contributed by atoms with Gasteiger partial charge in [0, 0.05) is 44.5 Å². The zero-order valence-electron chi connectivity index (χ0n) is 13.7. The lowest BCUT2D eigenvalue weighted by Crippen LogP contribution is -2.52. The molecule has 2 amide bonds. The van der Waals surface area contributed by atoms with Gasteiger partial charge < -0.3 is 10.2 Å². The van der Waals surface area contributed by atoms with E-state index < -0.39 is 0 Å². The van der Waals surface area contributed by atoms with Gasteiger partial charge in [-0.2, -0.15) is 0 Å². The maximum atomic E-state index is 11.8. The largest absolute Gasteiger partial charge is 0.369 e. The molecular formula is C16H22N6OS. The Morgan fingerprint density at radius 3 is 2.67 bits per heavy atom. The lowest BCUT2D eigenvalue weighted by molar-refractivity contribution is 0.192. The summed E-state index contributed by atoms with van der Waals surface area (Å²) in [5.74, 6) is 0. The van der Waals surface area contributed by atoms with Gasteiger partial charge in [0.25, 0.3) is 0 Å². The Labute approximate surface area is 145 Å². The zero-order valence-corrected chi connectivity index (χ0v) is 14.5. The molecule has 1 fully saturated rings. The minimum atomic E-state index is -0.235. The average Bonchev–Trinajstić information content (AvgIpc) is 3.13. The second-order valence-corrected chi connectivity index (χ2v) is 6.62. The van der Waals surface area contributed by atoms with Crippen molar-refractivity contribution in [1.82, 2.24) is 20.4 Å². The van der Waals surface area contributed by atoms with Gasteiger partial charge >= 0.3 is 6.03 Å². The Morgan fingerprint density at radius 2 is 2.00 bits per heavy atom. The van der Waals surface area contributed by atoms with Gasteiger partial charge in [-0.25, -0.2) is 4.79 Å². The van der Waals surface area contributed by atoms with Crippen LogP contribution in [0, 0.1) is 0 Å². The summed E-state index contributed by atoms with van der Waals surface area (Å²) in [5.41, 5.74) is 2.86. The normalized spacial score (nSPS) is 16.6. The van der Waals surface area contributed by atoms with Crippen molar-refractivity contribution in [1.29, 1.82) is 0 Å². The van der Waals surface area contributed by atoms with Crippen molar-refractivity contribution in [2.45, 2.75) is 13.0 Å². The van der Waals surface area contributed by atoms with Gasteiger partial charge in [-0.3, -0.25) is 10.2 Å². The Hall–Kier alpha value is -2.19. The number of aromatic nitrogens is 2. The Kier molecular flexibility index (Phi) is 5.60. The summed E-state index contributed by atoms with van der Waals surface area (Å²) in [6, 6.07) is 10.6. The van der Waals surface area contributed by atoms with Gasteiger partial charge in [-0.1, -0.05) is 29.5 Å². The Balaban J connectivity index is 1.40. The summed E-state index contributed by atoms with van der Waals surface area (Å²) in [6.45, 7) is 6.75. The molecule has 2 N–H and O–H groups in total. The highest BCUT2D eigenvalue weighted by molar-refractivity contribution is 7.13. The molecule has 1 aromatic carbocycles. The third-order valence-corrected chi connectivity index (χ3v) is 4.80. The molecule has 1 saturated heterocycles. The Morgan fingerprint density at radius 1 is 1.25 bits per heavy atom. The summed E-state index contributed by atoms with van der Waals surface area (Å²) in [5, 5.41) is 13.6.